The molecule has 2 aliphatic rings. The van der Waals surface area contributed by atoms with Crippen molar-refractivity contribution in [1.29, 1.82) is 0 Å². The molecular formula is C17H25N3S. The first-order valence-electron chi connectivity index (χ1n) is 8.05. The summed E-state index contributed by atoms with van der Waals surface area (Å²) >= 11 is 1.83. The summed E-state index contributed by atoms with van der Waals surface area (Å²) < 4.78 is 0. The van der Waals surface area contributed by atoms with Crippen molar-refractivity contribution < 1.29 is 0 Å². The zero-order chi connectivity index (χ0) is 14.7. The minimum atomic E-state index is 0.418. The lowest BCUT2D eigenvalue weighted by Gasteiger charge is -2.29. The summed E-state index contributed by atoms with van der Waals surface area (Å²) in [5.41, 5.74) is 2.49. The molecule has 4 heteroatoms. The fraction of sp³-hybridized carbons (Fsp3) is 0.588. The SMILES string of the molecule is CC1CSC(Nc2ccc(N3CCCCC3)cc2)=NC1C. The van der Waals surface area contributed by atoms with Crippen molar-refractivity contribution in [3.63, 3.8) is 0 Å². The van der Waals surface area contributed by atoms with E-state index in [2.05, 4.69) is 48.3 Å². The predicted octanol–water partition coefficient (Wildman–Crippen LogP) is 4.22. The first kappa shape index (κ1) is 14.8. The van der Waals surface area contributed by atoms with Gasteiger partial charge in [0.25, 0.3) is 0 Å². The highest BCUT2D eigenvalue weighted by molar-refractivity contribution is 8.14. The number of aliphatic imine (C=N–C) groups is 1. The number of nitrogens with zero attached hydrogens (tertiary/aromatic N) is 2. The molecule has 0 aromatic heterocycles. The number of piperidine rings is 1. The van der Waals surface area contributed by atoms with Crippen LogP contribution in [0.4, 0.5) is 11.4 Å². The molecule has 0 spiro atoms. The first-order valence-corrected chi connectivity index (χ1v) is 9.03. The molecule has 3 nitrogen and oxygen atoms in total. The van der Waals surface area contributed by atoms with E-state index in [1.165, 1.54) is 38.0 Å². The van der Waals surface area contributed by atoms with Crippen LogP contribution >= 0.6 is 11.8 Å². The second-order valence-electron chi connectivity index (χ2n) is 6.18. The number of nitrogens with one attached hydrogen (secondary N) is 1. The van der Waals surface area contributed by atoms with Crippen molar-refractivity contribution in [1.82, 2.24) is 0 Å². The molecule has 0 saturated carbocycles. The van der Waals surface area contributed by atoms with Crippen LogP contribution in [0, 0.1) is 5.92 Å². The largest absolute Gasteiger partial charge is 0.372 e. The number of hydrogen-bond donors (Lipinski definition) is 1. The summed E-state index contributed by atoms with van der Waals surface area (Å²) in [5, 5.41) is 4.52. The van der Waals surface area contributed by atoms with Crippen molar-refractivity contribution >= 4 is 28.3 Å². The van der Waals surface area contributed by atoms with E-state index in [0.717, 1.165) is 16.6 Å². The minimum absolute atomic E-state index is 0.418. The van der Waals surface area contributed by atoms with Crippen LogP contribution < -0.4 is 10.2 Å². The van der Waals surface area contributed by atoms with Gasteiger partial charge in [0.05, 0.1) is 6.04 Å². The van der Waals surface area contributed by atoms with Crippen LogP contribution in [-0.4, -0.2) is 30.1 Å². The predicted molar refractivity (Wildman–Crippen MR) is 94.6 cm³/mol. The topological polar surface area (TPSA) is 27.6 Å². The average Bonchev–Trinajstić information content (AvgIpc) is 2.53. The van der Waals surface area contributed by atoms with Crippen LogP contribution in [0.2, 0.25) is 0 Å². The molecule has 3 rings (SSSR count). The Labute approximate surface area is 132 Å². The van der Waals surface area contributed by atoms with E-state index in [-0.39, 0.29) is 0 Å². The van der Waals surface area contributed by atoms with E-state index >= 15 is 0 Å². The summed E-state index contributed by atoms with van der Waals surface area (Å²) in [6.07, 6.45) is 4.02. The number of amidine groups is 1. The monoisotopic (exact) mass is 303 g/mol. The Bertz CT molecular complexity index is 491. The molecule has 2 aliphatic heterocycles. The van der Waals surface area contributed by atoms with Gasteiger partial charge in [-0.25, -0.2) is 0 Å². The van der Waals surface area contributed by atoms with Crippen molar-refractivity contribution in [2.24, 2.45) is 10.9 Å². The lowest BCUT2D eigenvalue weighted by atomic mass is 10.1. The molecule has 2 atom stereocenters. The molecule has 1 N–H and O–H groups in total. The van der Waals surface area contributed by atoms with Gasteiger partial charge in [-0.1, -0.05) is 18.7 Å². The van der Waals surface area contributed by atoms with Gasteiger partial charge < -0.3 is 10.2 Å². The maximum absolute atomic E-state index is 4.73. The molecule has 0 bridgehead atoms. The van der Waals surface area contributed by atoms with Gasteiger partial charge in [-0.2, -0.15) is 0 Å². The summed E-state index contributed by atoms with van der Waals surface area (Å²) in [7, 11) is 0. The molecule has 114 valence electrons. The summed E-state index contributed by atoms with van der Waals surface area (Å²) in [5.74, 6) is 1.82. The van der Waals surface area contributed by atoms with Gasteiger partial charge in [-0.05, 0) is 56.4 Å². The lowest BCUT2D eigenvalue weighted by molar-refractivity contribution is 0.537. The number of thioether (sulfide) groups is 1. The van der Waals surface area contributed by atoms with Gasteiger partial charge in [-0.15, -0.1) is 0 Å². The highest BCUT2D eigenvalue weighted by Gasteiger charge is 2.19. The van der Waals surface area contributed by atoms with E-state index in [1.54, 1.807) is 0 Å². The van der Waals surface area contributed by atoms with Gasteiger partial charge in [0.2, 0.25) is 0 Å². The van der Waals surface area contributed by atoms with Crippen molar-refractivity contribution in [2.45, 2.75) is 39.2 Å². The Morgan fingerprint density at radius 2 is 1.81 bits per heavy atom. The lowest BCUT2D eigenvalue weighted by Crippen LogP contribution is -2.29. The van der Waals surface area contributed by atoms with E-state index in [4.69, 9.17) is 4.99 Å². The number of rotatable bonds is 2. The van der Waals surface area contributed by atoms with Crippen LogP contribution in [0.1, 0.15) is 33.1 Å². The quantitative estimate of drug-likeness (QED) is 0.886. The molecule has 21 heavy (non-hydrogen) atoms. The fourth-order valence-electron chi connectivity index (χ4n) is 2.80. The molecule has 0 amide bonds. The zero-order valence-corrected chi connectivity index (χ0v) is 13.8. The highest BCUT2D eigenvalue weighted by atomic mass is 32.2. The maximum atomic E-state index is 4.73. The van der Waals surface area contributed by atoms with Crippen LogP contribution in [0.25, 0.3) is 0 Å². The molecule has 1 saturated heterocycles. The molecule has 0 aliphatic carbocycles. The molecule has 2 unspecified atom stereocenters. The highest BCUT2D eigenvalue weighted by Crippen LogP contribution is 2.25. The Kier molecular flexibility index (Phi) is 4.73. The van der Waals surface area contributed by atoms with Gasteiger partial charge in [0.15, 0.2) is 5.17 Å². The Morgan fingerprint density at radius 3 is 2.48 bits per heavy atom. The molecule has 1 aromatic rings. The Balaban J connectivity index is 1.63. The molecule has 2 heterocycles. The fourth-order valence-corrected chi connectivity index (χ4v) is 3.93. The third-order valence-electron chi connectivity index (χ3n) is 4.47. The second kappa shape index (κ2) is 6.73. The maximum Gasteiger partial charge on any atom is 0.161 e. The smallest absolute Gasteiger partial charge is 0.161 e. The molecule has 1 aromatic carbocycles. The molecule has 1 fully saturated rings. The van der Waals surface area contributed by atoms with E-state index in [0.29, 0.717) is 12.0 Å². The van der Waals surface area contributed by atoms with Crippen LogP contribution in [0.5, 0.6) is 0 Å². The Morgan fingerprint density at radius 1 is 1.10 bits per heavy atom. The number of hydrogen-bond acceptors (Lipinski definition) is 4. The van der Waals surface area contributed by atoms with Gasteiger partial charge >= 0.3 is 0 Å². The van der Waals surface area contributed by atoms with Crippen LogP contribution in [0.3, 0.4) is 0 Å². The molecular weight excluding hydrogens is 278 g/mol. The summed E-state index contributed by atoms with van der Waals surface area (Å²) in [6, 6.07) is 9.23. The standard InChI is InChI=1S/C17H25N3S/c1-13-12-21-17(18-14(13)2)19-15-6-8-16(9-7-15)20-10-4-3-5-11-20/h6-9,13-14H,3-5,10-12H2,1-2H3,(H,18,19). The summed E-state index contributed by atoms with van der Waals surface area (Å²) in [4.78, 5) is 7.22. The minimum Gasteiger partial charge on any atom is -0.372 e. The third-order valence-corrected chi connectivity index (χ3v) is 5.64. The van der Waals surface area contributed by atoms with Crippen molar-refractivity contribution in [3.8, 4) is 0 Å². The normalized spacial score (nSPS) is 26.4. The van der Waals surface area contributed by atoms with Gasteiger partial charge in [-0.3, -0.25) is 4.99 Å². The van der Waals surface area contributed by atoms with Gasteiger partial charge in [0.1, 0.15) is 0 Å². The summed E-state index contributed by atoms with van der Waals surface area (Å²) in [6.45, 7) is 6.87. The van der Waals surface area contributed by atoms with E-state index < -0.39 is 0 Å². The van der Waals surface area contributed by atoms with Crippen LogP contribution in [0.15, 0.2) is 29.3 Å². The number of anilines is 2. The van der Waals surface area contributed by atoms with Crippen molar-refractivity contribution in [2.75, 3.05) is 29.1 Å². The van der Waals surface area contributed by atoms with E-state index in [9.17, 15) is 0 Å². The Hall–Kier alpha value is -1.16. The van der Waals surface area contributed by atoms with E-state index in [1.807, 2.05) is 11.8 Å². The zero-order valence-electron chi connectivity index (χ0n) is 13.0. The van der Waals surface area contributed by atoms with Crippen LogP contribution in [-0.2, 0) is 0 Å². The number of benzene rings is 1. The second-order valence-corrected chi connectivity index (χ2v) is 7.19. The van der Waals surface area contributed by atoms with Crippen molar-refractivity contribution in [3.05, 3.63) is 24.3 Å². The molecule has 0 radical (unpaired) electrons. The van der Waals surface area contributed by atoms with Gasteiger partial charge in [0, 0.05) is 30.2 Å². The first-order chi connectivity index (χ1) is 10.2. The third kappa shape index (κ3) is 3.73. The average molecular weight is 303 g/mol.